The van der Waals surface area contributed by atoms with Gasteiger partial charge in [-0.1, -0.05) is 12.2 Å². The molecular weight excluding hydrogens is 165 g/mol. The molecule has 1 nitrogen and oxygen atoms in total. The Bertz CT molecular complexity index is 156. The van der Waals surface area contributed by atoms with Crippen LogP contribution < -0.4 is 5.32 Å². The zero-order valence-corrected chi connectivity index (χ0v) is 8.43. The van der Waals surface area contributed by atoms with Gasteiger partial charge in [0.2, 0.25) is 0 Å². The van der Waals surface area contributed by atoms with Crippen LogP contribution in [0.15, 0.2) is 12.2 Å². The molecule has 13 heavy (non-hydrogen) atoms. The molecule has 0 aromatic rings. The minimum Gasteiger partial charge on any atom is -0.312 e. The Kier molecular flexibility index (Phi) is 5.06. The Morgan fingerprint density at radius 3 is 3.00 bits per heavy atom. The van der Waals surface area contributed by atoms with Crippen molar-refractivity contribution < 1.29 is 4.39 Å². The molecule has 0 aromatic heterocycles. The number of halogens is 1. The fourth-order valence-corrected chi connectivity index (χ4v) is 1.95. The molecule has 1 aliphatic carbocycles. The molecule has 2 heteroatoms. The minimum atomic E-state index is -0.255. The maximum absolute atomic E-state index is 11.9. The van der Waals surface area contributed by atoms with Crippen LogP contribution in [0.4, 0.5) is 4.39 Å². The van der Waals surface area contributed by atoms with Crippen molar-refractivity contribution >= 4 is 0 Å². The van der Waals surface area contributed by atoms with Gasteiger partial charge in [-0.2, -0.15) is 0 Å². The molecule has 0 aromatic carbocycles. The van der Waals surface area contributed by atoms with Gasteiger partial charge in [0.1, 0.15) is 6.67 Å². The monoisotopic (exact) mass is 185 g/mol. The van der Waals surface area contributed by atoms with Gasteiger partial charge in [0.25, 0.3) is 0 Å². The second-order valence-corrected chi connectivity index (χ2v) is 3.93. The summed E-state index contributed by atoms with van der Waals surface area (Å²) in [4.78, 5) is 0. The molecule has 0 spiro atoms. The summed E-state index contributed by atoms with van der Waals surface area (Å²) in [5, 5.41) is 3.18. The van der Waals surface area contributed by atoms with Gasteiger partial charge in [-0.05, 0) is 38.5 Å². The highest BCUT2D eigenvalue weighted by Crippen LogP contribution is 2.22. The largest absolute Gasteiger partial charge is 0.312 e. The Labute approximate surface area is 80.4 Å². The second-order valence-electron chi connectivity index (χ2n) is 3.93. The quantitative estimate of drug-likeness (QED) is 0.649. The summed E-state index contributed by atoms with van der Waals surface area (Å²) >= 11 is 0. The van der Waals surface area contributed by atoms with E-state index in [0.29, 0.717) is 12.6 Å². The van der Waals surface area contributed by atoms with Crippen LogP contribution in [0.2, 0.25) is 0 Å². The number of allylic oxidation sites excluding steroid dienone is 2. The summed E-state index contributed by atoms with van der Waals surface area (Å²) in [5.41, 5.74) is 0. The van der Waals surface area contributed by atoms with Crippen molar-refractivity contribution in [3.63, 3.8) is 0 Å². The maximum Gasteiger partial charge on any atom is 0.102 e. The van der Waals surface area contributed by atoms with Crippen molar-refractivity contribution in [2.45, 2.75) is 38.6 Å². The number of hydrogen-bond acceptors (Lipinski definition) is 1. The number of rotatable bonds is 5. The summed E-state index contributed by atoms with van der Waals surface area (Å²) in [7, 11) is 0. The Balaban J connectivity index is 2.11. The topological polar surface area (TPSA) is 12.0 Å². The highest BCUT2D eigenvalue weighted by atomic mass is 19.1. The molecule has 0 amide bonds. The number of hydrogen-bond donors (Lipinski definition) is 1. The zero-order valence-electron chi connectivity index (χ0n) is 8.43. The van der Waals surface area contributed by atoms with E-state index in [1.165, 1.54) is 25.7 Å². The fourth-order valence-electron chi connectivity index (χ4n) is 1.95. The molecule has 0 saturated carbocycles. The molecular formula is C11H20FN. The van der Waals surface area contributed by atoms with E-state index in [4.69, 9.17) is 0 Å². The first-order valence-electron chi connectivity index (χ1n) is 5.27. The smallest absolute Gasteiger partial charge is 0.102 e. The van der Waals surface area contributed by atoms with E-state index < -0.39 is 0 Å². The van der Waals surface area contributed by atoms with Crippen molar-refractivity contribution in [2.75, 3.05) is 13.2 Å². The van der Waals surface area contributed by atoms with Gasteiger partial charge in [0.15, 0.2) is 0 Å². The van der Waals surface area contributed by atoms with Crippen LogP contribution in [0, 0.1) is 5.92 Å². The second kappa shape index (κ2) is 6.14. The molecule has 2 atom stereocenters. The van der Waals surface area contributed by atoms with E-state index in [1.807, 2.05) is 0 Å². The average molecular weight is 185 g/mol. The van der Waals surface area contributed by atoms with E-state index in [2.05, 4.69) is 24.4 Å². The maximum atomic E-state index is 11.9. The van der Waals surface area contributed by atoms with Gasteiger partial charge in [-0.3, -0.25) is 0 Å². The molecule has 0 bridgehead atoms. The van der Waals surface area contributed by atoms with Crippen LogP contribution >= 0.6 is 0 Å². The predicted octanol–water partition coefficient (Wildman–Crippen LogP) is 2.68. The first kappa shape index (κ1) is 10.7. The van der Waals surface area contributed by atoms with Gasteiger partial charge in [0.05, 0.1) is 0 Å². The lowest BCUT2D eigenvalue weighted by atomic mass is 9.89. The van der Waals surface area contributed by atoms with Gasteiger partial charge in [-0.25, -0.2) is 4.39 Å². The summed E-state index contributed by atoms with van der Waals surface area (Å²) in [6.07, 6.45) is 9.46. The SMILES string of the molecule is CC(CC1CC=CCC1)NCCF. The predicted molar refractivity (Wildman–Crippen MR) is 54.5 cm³/mol. The molecule has 1 rings (SSSR count). The lowest BCUT2D eigenvalue weighted by Crippen LogP contribution is -2.30. The lowest BCUT2D eigenvalue weighted by molar-refractivity contribution is 0.360. The van der Waals surface area contributed by atoms with Crippen LogP contribution in [-0.2, 0) is 0 Å². The van der Waals surface area contributed by atoms with Crippen molar-refractivity contribution in [2.24, 2.45) is 5.92 Å². The normalized spacial score (nSPS) is 24.6. The van der Waals surface area contributed by atoms with Crippen LogP contribution in [0.3, 0.4) is 0 Å². The average Bonchev–Trinajstić information content (AvgIpc) is 2.16. The van der Waals surface area contributed by atoms with Crippen molar-refractivity contribution in [1.29, 1.82) is 0 Å². The van der Waals surface area contributed by atoms with E-state index in [1.54, 1.807) is 0 Å². The third kappa shape index (κ3) is 4.41. The van der Waals surface area contributed by atoms with Crippen molar-refractivity contribution in [3.8, 4) is 0 Å². The van der Waals surface area contributed by atoms with Crippen LogP contribution in [0.25, 0.3) is 0 Å². The van der Waals surface area contributed by atoms with Gasteiger partial charge >= 0.3 is 0 Å². The third-order valence-electron chi connectivity index (χ3n) is 2.65. The highest BCUT2D eigenvalue weighted by molar-refractivity contribution is 4.90. The summed E-state index contributed by atoms with van der Waals surface area (Å²) in [6.45, 7) is 2.40. The van der Waals surface area contributed by atoms with E-state index in [-0.39, 0.29) is 6.67 Å². The summed E-state index contributed by atoms with van der Waals surface area (Å²) < 4.78 is 11.9. The molecule has 0 saturated heterocycles. The molecule has 0 fully saturated rings. The minimum absolute atomic E-state index is 0.255. The summed E-state index contributed by atoms with van der Waals surface area (Å²) in [6, 6.07) is 0.465. The first-order chi connectivity index (χ1) is 6.33. The summed E-state index contributed by atoms with van der Waals surface area (Å²) in [5.74, 6) is 0.812. The van der Waals surface area contributed by atoms with Gasteiger partial charge in [0, 0.05) is 12.6 Å². The van der Waals surface area contributed by atoms with Crippen LogP contribution in [0.5, 0.6) is 0 Å². The molecule has 0 heterocycles. The molecule has 76 valence electrons. The lowest BCUT2D eigenvalue weighted by Gasteiger charge is -2.22. The van der Waals surface area contributed by atoms with Crippen molar-refractivity contribution in [3.05, 3.63) is 12.2 Å². The van der Waals surface area contributed by atoms with Crippen molar-refractivity contribution in [1.82, 2.24) is 5.32 Å². The molecule has 1 aliphatic rings. The van der Waals surface area contributed by atoms with Gasteiger partial charge < -0.3 is 5.32 Å². The Hall–Kier alpha value is -0.370. The van der Waals surface area contributed by atoms with Crippen LogP contribution in [0.1, 0.15) is 32.6 Å². The molecule has 0 aliphatic heterocycles. The van der Waals surface area contributed by atoms with E-state index in [9.17, 15) is 4.39 Å². The highest BCUT2D eigenvalue weighted by Gasteiger charge is 2.12. The Morgan fingerprint density at radius 2 is 2.38 bits per heavy atom. The Morgan fingerprint density at radius 1 is 1.54 bits per heavy atom. The number of alkyl halides is 1. The van der Waals surface area contributed by atoms with E-state index in [0.717, 1.165) is 5.92 Å². The molecule has 0 radical (unpaired) electrons. The molecule has 2 unspecified atom stereocenters. The van der Waals surface area contributed by atoms with E-state index >= 15 is 0 Å². The zero-order chi connectivity index (χ0) is 9.52. The molecule has 1 N–H and O–H groups in total. The fraction of sp³-hybridized carbons (Fsp3) is 0.818. The standard InChI is InChI=1S/C11H20FN/c1-10(13-8-7-12)9-11-5-3-2-4-6-11/h2-3,10-11,13H,4-9H2,1H3. The van der Waals surface area contributed by atoms with Gasteiger partial charge in [-0.15, -0.1) is 0 Å². The first-order valence-corrected chi connectivity index (χ1v) is 5.27. The third-order valence-corrected chi connectivity index (χ3v) is 2.65. The number of nitrogens with one attached hydrogen (secondary N) is 1. The van der Waals surface area contributed by atoms with Crippen LogP contribution in [-0.4, -0.2) is 19.3 Å².